The number of ether oxygens (including phenoxy) is 1. The average molecular weight is 428 g/mol. The zero-order valence-electron chi connectivity index (χ0n) is 17.5. The van der Waals surface area contributed by atoms with Gasteiger partial charge in [-0.25, -0.2) is 9.18 Å². The van der Waals surface area contributed by atoms with Gasteiger partial charge in [0.15, 0.2) is 0 Å². The molecule has 0 unspecified atom stereocenters. The van der Waals surface area contributed by atoms with Crippen LogP contribution in [0.25, 0.3) is 6.08 Å². The number of hydrogen-bond acceptors (Lipinski definition) is 4. The predicted octanol–water partition coefficient (Wildman–Crippen LogP) is 5.14. The van der Waals surface area contributed by atoms with E-state index < -0.39 is 11.9 Å². The molecule has 0 aliphatic heterocycles. The number of hydrogen-bond donors (Lipinski definition) is 1. The lowest BCUT2D eigenvalue weighted by Crippen LogP contribution is -2.13. The Hall–Kier alpha value is -4.24. The highest BCUT2D eigenvalue weighted by Crippen LogP contribution is 2.16. The Balaban J connectivity index is 1.67. The molecule has 0 saturated heterocycles. The molecule has 3 aromatic carbocycles. The van der Waals surface area contributed by atoms with Crippen molar-refractivity contribution in [2.24, 2.45) is 0 Å². The summed E-state index contributed by atoms with van der Waals surface area (Å²) >= 11 is 0. The van der Waals surface area contributed by atoms with E-state index in [1.807, 2.05) is 18.2 Å². The summed E-state index contributed by atoms with van der Waals surface area (Å²) in [5, 5.41) is 12.0. The van der Waals surface area contributed by atoms with E-state index in [0.717, 1.165) is 5.56 Å². The summed E-state index contributed by atoms with van der Waals surface area (Å²) in [5.41, 5.74) is 2.94. The number of benzene rings is 3. The molecule has 32 heavy (non-hydrogen) atoms. The molecule has 0 aliphatic rings. The molecule has 6 heteroatoms. The van der Waals surface area contributed by atoms with E-state index >= 15 is 0 Å². The maximum absolute atomic E-state index is 13.8. The second-order valence-corrected chi connectivity index (χ2v) is 6.93. The fourth-order valence-electron chi connectivity index (χ4n) is 3.01. The molecule has 5 nitrogen and oxygen atoms in total. The number of halogens is 1. The number of carbonyl (C=O) groups is 2. The van der Waals surface area contributed by atoms with Gasteiger partial charge in [-0.3, -0.25) is 4.79 Å². The van der Waals surface area contributed by atoms with E-state index in [0.29, 0.717) is 28.8 Å². The van der Waals surface area contributed by atoms with Crippen molar-refractivity contribution in [3.05, 3.63) is 106 Å². The van der Waals surface area contributed by atoms with Crippen LogP contribution >= 0.6 is 0 Å². The van der Waals surface area contributed by atoms with Crippen molar-refractivity contribution in [1.82, 2.24) is 0 Å². The molecule has 0 radical (unpaired) electrons. The molecule has 1 amide bonds. The summed E-state index contributed by atoms with van der Waals surface area (Å²) in [6, 6.07) is 21.9. The van der Waals surface area contributed by atoms with Crippen molar-refractivity contribution in [1.29, 1.82) is 5.26 Å². The van der Waals surface area contributed by atoms with Crippen molar-refractivity contribution < 1.29 is 18.7 Å². The van der Waals surface area contributed by atoms with Crippen LogP contribution < -0.4 is 5.32 Å². The third kappa shape index (κ3) is 5.89. The van der Waals surface area contributed by atoms with Gasteiger partial charge in [0, 0.05) is 12.1 Å². The van der Waals surface area contributed by atoms with Gasteiger partial charge in [0.1, 0.15) is 17.5 Å². The Labute approximate surface area is 185 Å². The molecule has 0 saturated carbocycles. The zero-order valence-corrected chi connectivity index (χ0v) is 17.5. The Morgan fingerprint density at radius 3 is 2.34 bits per heavy atom. The normalized spacial score (nSPS) is 10.8. The van der Waals surface area contributed by atoms with E-state index in [1.54, 1.807) is 49.4 Å². The number of rotatable bonds is 7. The number of carbonyl (C=O) groups excluding carboxylic acids is 2. The van der Waals surface area contributed by atoms with Crippen LogP contribution in [0.5, 0.6) is 0 Å². The summed E-state index contributed by atoms with van der Waals surface area (Å²) < 4.78 is 18.7. The van der Waals surface area contributed by atoms with Gasteiger partial charge in [0.2, 0.25) is 0 Å². The van der Waals surface area contributed by atoms with Gasteiger partial charge < -0.3 is 10.1 Å². The Morgan fingerprint density at radius 1 is 1.03 bits per heavy atom. The fraction of sp³-hybridized carbons (Fsp3) is 0.115. The smallest absolute Gasteiger partial charge is 0.338 e. The van der Waals surface area contributed by atoms with Crippen LogP contribution in [0.1, 0.15) is 34.0 Å². The third-order valence-electron chi connectivity index (χ3n) is 4.66. The molecule has 1 N–H and O–H groups in total. The van der Waals surface area contributed by atoms with Crippen LogP contribution in [-0.2, 0) is 16.0 Å². The summed E-state index contributed by atoms with van der Waals surface area (Å²) in [6.07, 6.45) is 1.93. The molecule has 0 spiro atoms. The lowest BCUT2D eigenvalue weighted by molar-refractivity contribution is -0.112. The van der Waals surface area contributed by atoms with Gasteiger partial charge in [0.25, 0.3) is 5.91 Å². The summed E-state index contributed by atoms with van der Waals surface area (Å²) in [4.78, 5) is 24.2. The predicted molar refractivity (Wildman–Crippen MR) is 120 cm³/mol. The van der Waals surface area contributed by atoms with Crippen LogP contribution in [0, 0.1) is 17.1 Å². The average Bonchev–Trinajstić information content (AvgIpc) is 2.80. The highest BCUT2D eigenvalue weighted by molar-refractivity contribution is 6.09. The number of nitrogens with one attached hydrogen (secondary N) is 1. The van der Waals surface area contributed by atoms with Gasteiger partial charge in [-0.15, -0.1) is 0 Å². The molecule has 0 bridgehead atoms. The number of nitrogens with zero attached hydrogens (tertiary/aromatic N) is 1. The van der Waals surface area contributed by atoms with Gasteiger partial charge in [0.05, 0.1) is 12.2 Å². The summed E-state index contributed by atoms with van der Waals surface area (Å²) in [6.45, 7) is 2.00. The molecule has 160 valence electrons. The first kappa shape index (κ1) is 22.4. The van der Waals surface area contributed by atoms with Crippen LogP contribution in [-0.4, -0.2) is 18.5 Å². The van der Waals surface area contributed by atoms with Gasteiger partial charge in [-0.1, -0.05) is 42.5 Å². The molecule has 0 atom stereocenters. The quantitative estimate of drug-likeness (QED) is 0.321. The van der Waals surface area contributed by atoms with E-state index in [2.05, 4.69) is 5.32 Å². The third-order valence-corrected chi connectivity index (χ3v) is 4.66. The lowest BCUT2D eigenvalue weighted by atomic mass is 10.0. The number of esters is 1. The van der Waals surface area contributed by atoms with Crippen molar-refractivity contribution in [3.63, 3.8) is 0 Å². The van der Waals surface area contributed by atoms with Crippen molar-refractivity contribution in [2.45, 2.75) is 13.3 Å². The molecule has 0 aromatic heterocycles. The Kier molecular flexibility index (Phi) is 7.50. The Bertz CT molecular complexity index is 1180. The molecular formula is C26H21FN2O3. The number of nitriles is 1. The second kappa shape index (κ2) is 10.7. The van der Waals surface area contributed by atoms with Gasteiger partial charge in [-0.2, -0.15) is 5.26 Å². The zero-order chi connectivity index (χ0) is 22.9. The number of amides is 1. The fourth-order valence-corrected chi connectivity index (χ4v) is 3.01. The highest BCUT2D eigenvalue weighted by atomic mass is 19.1. The summed E-state index contributed by atoms with van der Waals surface area (Å²) in [5.74, 6) is -1.26. The largest absolute Gasteiger partial charge is 0.462 e. The topological polar surface area (TPSA) is 79.2 Å². The molecule has 0 heterocycles. The maximum atomic E-state index is 13.8. The van der Waals surface area contributed by atoms with Crippen LogP contribution in [0.15, 0.2) is 78.4 Å². The van der Waals surface area contributed by atoms with Gasteiger partial charge >= 0.3 is 5.97 Å². The minimum Gasteiger partial charge on any atom is -0.462 e. The second-order valence-electron chi connectivity index (χ2n) is 6.93. The molecule has 0 fully saturated rings. The summed E-state index contributed by atoms with van der Waals surface area (Å²) in [7, 11) is 0. The molecular weight excluding hydrogens is 407 g/mol. The van der Waals surface area contributed by atoms with Crippen LogP contribution in [0.2, 0.25) is 0 Å². The van der Waals surface area contributed by atoms with Crippen molar-refractivity contribution in [2.75, 3.05) is 11.9 Å². The van der Waals surface area contributed by atoms with Crippen molar-refractivity contribution in [3.8, 4) is 6.07 Å². The minimum atomic E-state index is -0.563. The SMILES string of the molecule is CCOC(=O)c1ccc(NC(=O)/C(C#N)=C/c2ccc(Cc3ccccc3F)cc2)cc1. The molecule has 3 rings (SSSR count). The van der Waals surface area contributed by atoms with E-state index in [4.69, 9.17) is 4.74 Å². The van der Waals surface area contributed by atoms with Crippen LogP contribution in [0.3, 0.4) is 0 Å². The Morgan fingerprint density at radius 2 is 1.72 bits per heavy atom. The first-order valence-corrected chi connectivity index (χ1v) is 10.0. The molecule has 0 aliphatic carbocycles. The highest BCUT2D eigenvalue weighted by Gasteiger charge is 2.11. The van der Waals surface area contributed by atoms with Crippen LogP contribution in [0.4, 0.5) is 10.1 Å². The van der Waals surface area contributed by atoms with E-state index in [1.165, 1.54) is 24.3 Å². The molecule has 3 aromatic rings. The van der Waals surface area contributed by atoms with E-state index in [9.17, 15) is 19.2 Å². The van der Waals surface area contributed by atoms with Gasteiger partial charge in [-0.05, 0) is 60.0 Å². The maximum Gasteiger partial charge on any atom is 0.338 e. The lowest BCUT2D eigenvalue weighted by Gasteiger charge is -2.07. The van der Waals surface area contributed by atoms with Crippen molar-refractivity contribution >= 4 is 23.6 Å². The first-order chi connectivity index (χ1) is 15.5. The standard InChI is InChI=1S/C26H21FN2O3/c1-2-32-26(31)20-11-13-23(14-12-20)29-25(30)22(17-28)16-19-9-7-18(8-10-19)15-21-5-3-4-6-24(21)27/h3-14,16H,2,15H2,1H3,(H,29,30)/b22-16+. The minimum absolute atomic E-state index is 0.0682. The van der Waals surface area contributed by atoms with E-state index in [-0.39, 0.29) is 18.0 Å². The first-order valence-electron chi connectivity index (χ1n) is 10.0. The number of anilines is 1. The monoisotopic (exact) mass is 428 g/mol.